The lowest BCUT2D eigenvalue weighted by molar-refractivity contribution is -0.288. The SMILES string of the molecule is CC1(C)OC(c2ccccc2)CC([Si](C)(C)C)O1. The van der Waals surface area contributed by atoms with Crippen molar-refractivity contribution in [2.24, 2.45) is 0 Å². The van der Waals surface area contributed by atoms with Crippen LogP contribution < -0.4 is 0 Å². The average Bonchev–Trinajstić information content (AvgIpc) is 2.27. The molecule has 0 aromatic heterocycles. The van der Waals surface area contributed by atoms with E-state index >= 15 is 0 Å². The van der Waals surface area contributed by atoms with Crippen LogP contribution in [-0.4, -0.2) is 19.6 Å². The van der Waals surface area contributed by atoms with E-state index in [9.17, 15) is 0 Å². The molecule has 0 spiro atoms. The Bertz CT molecular complexity index is 395. The molecule has 0 radical (unpaired) electrons. The summed E-state index contributed by atoms with van der Waals surface area (Å²) < 4.78 is 12.2. The molecule has 18 heavy (non-hydrogen) atoms. The molecule has 2 nitrogen and oxygen atoms in total. The van der Waals surface area contributed by atoms with Gasteiger partial charge in [-0.1, -0.05) is 50.0 Å². The lowest BCUT2D eigenvalue weighted by Crippen LogP contribution is -2.51. The molecule has 0 N–H and O–H groups in total. The van der Waals surface area contributed by atoms with Crippen LogP contribution in [0.25, 0.3) is 0 Å². The Balaban J connectivity index is 2.22. The molecule has 0 saturated carbocycles. The Hall–Kier alpha value is -0.643. The van der Waals surface area contributed by atoms with Gasteiger partial charge in [0.15, 0.2) is 5.79 Å². The molecular formula is C15H24O2Si. The van der Waals surface area contributed by atoms with Crippen LogP contribution in [0.4, 0.5) is 0 Å². The molecule has 1 aromatic rings. The normalized spacial score (nSPS) is 28.1. The van der Waals surface area contributed by atoms with Crippen molar-refractivity contribution in [2.75, 3.05) is 0 Å². The number of benzene rings is 1. The highest BCUT2D eigenvalue weighted by molar-refractivity contribution is 6.77. The predicted molar refractivity (Wildman–Crippen MR) is 77.2 cm³/mol. The van der Waals surface area contributed by atoms with Gasteiger partial charge in [-0.25, -0.2) is 0 Å². The van der Waals surface area contributed by atoms with Gasteiger partial charge < -0.3 is 9.47 Å². The standard InChI is InChI=1S/C15H24O2Si/c1-15(2)16-13(12-9-7-6-8-10-12)11-14(17-15)18(3,4)5/h6-10,13-14H,11H2,1-5H3. The van der Waals surface area contributed by atoms with Gasteiger partial charge in [0, 0.05) is 6.42 Å². The van der Waals surface area contributed by atoms with Crippen molar-refractivity contribution in [2.45, 2.75) is 57.5 Å². The Kier molecular flexibility index (Phi) is 3.67. The molecule has 100 valence electrons. The van der Waals surface area contributed by atoms with Gasteiger partial charge >= 0.3 is 0 Å². The molecule has 2 unspecified atom stereocenters. The number of hydrogen-bond acceptors (Lipinski definition) is 2. The Labute approximate surface area is 111 Å². The van der Waals surface area contributed by atoms with E-state index in [1.807, 2.05) is 19.9 Å². The summed E-state index contributed by atoms with van der Waals surface area (Å²) >= 11 is 0. The van der Waals surface area contributed by atoms with Gasteiger partial charge in [0.05, 0.1) is 19.9 Å². The second-order valence-corrected chi connectivity index (χ2v) is 12.0. The fourth-order valence-electron chi connectivity index (χ4n) is 2.41. The maximum atomic E-state index is 6.13. The molecule has 0 bridgehead atoms. The Morgan fingerprint density at radius 2 is 1.67 bits per heavy atom. The molecule has 0 aliphatic carbocycles. The number of ether oxygens (including phenoxy) is 2. The van der Waals surface area contributed by atoms with Crippen molar-refractivity contribution < 1.29 is 9.47 Å². The van der Waals surface area contributed by atoms with Crippen molar-refractivity contribution in [1.82, 2.24) is 0 Å². The molecule has 2 rings (SSSR count). The molecule has 1 aliphatic rings. The van der Waals surface area contributed by atoms with E-state index in [-0.39, 0.29) is 6.10 Å². The van der Waals surface area contributed by atoms with E-state index in [4.69, 9.17) is 9.47 Å². The summed E-state index contributed by atoms with van der Waals surface area (Å²) in [5, 5.41) is 0. The highest BCUT2D eigenvalue weighted by Crippen LogP contribution is 2.38. The Morgan fingerprint density at radius 3 is 2.22 bits per heavy atom. The zero-order chi connectivity index (χ0) is 13.4. The van der Waals surface area contributed by atoms with Crippen molar-refractivity contribution in [3.8, 4) is 0 Å². The van der Waals surface area contributed by atoms with E-state index in [1.165, 1.54) is 5.56 Å². The molecule has 3 heteroatoms. The van der Waals surface area contributed by atoms with E-state index in [0.29, 0.717) is 5.73 Å². The summed E-state index contributed by atoms with van der Waals surface area (Å²) in [6.07, 6.45) is 1.13. The van der Waals surface area contributed by atoms with Crippen LogP contribution >= 0.6 is 0 Å². The number of hydrogen-bond donors (Lipinski definition) is 0. The van der Waals surface area contributed by atoms with E-state index < -0.39 is 13.9 Å². The van der Waals surface area contributed by atoms with Crippen LogP contribution in [0.3, 0.4) is 0 Å². The van der Waals surface area contributed by atoms with Crippen molar-refractivity contribution in [3.05, 3.63) is 35.9 Å². The van der Waals surface area contributed by atoms with Crippen molar-refractivity contribution in [1.29, 1.82) is 0 Å². The summed E-state index contributed by atoms with van der Waals surface area (Å²) in [4.78, 5) is 0. The van der Waals surface area contributed by atoms with Crippen LogP contribution in [0.5, 0.6) is 0 Å². The molecule has 1 saturated heterocycles. The van der Waals surface area contributed by atoms with Gasteiger partial charge in [0.2, 0.25) is 0 Å². The lowest BCUT2D eigenvalue weighted by atomic mass is 10.1. The van der Waals surface area contributed by atoms with Crippen LogP contribution in [0.1, 0.15) is 31.9 Å². The zero-order valence-electron chi connectivity index (χ0n) is 12.1. The summed E-state index contributed by atoms with van der Waals surface area (Å²) in [7, 11) is -1.32. The first kappa shape index (κ1) is 13.8. The van der Waals surface area contributed by atoms with E-state index in [2.05, 4.69) is 43.9 Å². The Morgan fingerprint density at radius 1 is 1.06 bits per heavy atom. The fraction of sp³-hybridized carbons (Fsp3) is 0.600. The third-order valence-corrected chi connectivity index (χ3v) is 5.70. The minimum Gasteiger partial charge on any atom is -0.351 e. The third-order valence-electron chi connectivity index (χ3n) is 3.42. The van der Waals surface area contributed by atoms with Gasteiger partial charge in [0.1, 0.15) is 0 Å². The van der Waals surface area contributed by atoms with Crippen LogP contribution in [-0.2, 0) is 9.47 Å². The van der Waals surface area contributed by atoms with Crippen molar-refractivity contribution in [3.63, 3.8) is 0 Å². The van der Waals surface area contributed by atoms with Crippen LogP contribution in [0.2, 0.25) is 19.6 Å². The summed E-state index contributed by atoms with van der Waals surface area (Å²) in [6.45, 7) is 11.1. The third kappa shape index (κ3) is 3.22. The van der Waals surface area contributed by atoms with Gasteiger partial charge in [-0.05, 0) is 19.4 Å². The second kappa shape index (κ2) is 4.80. The minimum absolute atomic E-state index is 0.159. The van der Waals surface area contributed by atoms with Gasteiger partial charge in [-0.15, -0.1) is 0 Å². The molecule has 1 aromatic carbocycles. The van der Waals surface area contributed by atoms with E-state index in [1.54, 1.807) is 0 Å². The first-order valence-electron chi connectivity index (χ1n) is 6.68. The van der Waals surface area contributed by atoms with Crippen LogP contribution in [0.15, 0.2) is 30.3 Å². The van der Waals surface area contributed by atoms with Gasteiger partial charge in [0.25, 0.3) is 0 Å². The first-order chi connectivity index (χ1) is 8.28. The van der Waals surface area contributed by atoms with Crippen LogP contribution in [0, 0.1) is 0 Å². The largest absolute Gasteiger partial charge is 0.351 e. The fourth-order valence-corrected chi connectivity index (χ4v) is 3.96. The van der Waals surface area contributed by atoms with E-state index in [0.717, 1.165) is 6.42 Å². The second-order valence-electron chi connectivity index (χ2n) is 6.63. The zero-order valence-corrected chi connectivity index (χ0v) is 13.1. The monoisotopic (exact) mass is 264 g/mol. The summed E-state index contributed by atoms with van der Waals surface area (Å²) in [6, 6.07) is 10.5. The highest BCUT2D eigenvalue weighted by Gasteiger charge is 2.41. The highest BCUT2D eigenvalue weighted by atomic mass is 28.3. The quantitative estimate of drug-likeness (QED) is 0.747. The maximum absolute atomic E-state index is 6.13. The molecule has 0 amide bonds. The molecule has 1 fully saturated rings. The van der Waals surface area contributed by atoms with Gasteiger partial charge in [-0.3, -0.25) is 0 Å². The average molecular weight is 264 g/mol. The molecular weight excluding hydrogens is 240 g/mol. The topological polar surface area (TPSA) is 18.5 Å². The smallest absolute Gasteiger partial charge is 0.163 e. The molecule has 1 heterocycles. The van der Waals surface area contributed by atoms with Gasteiger partial charge in [-0.2, -0.15) is 0 Å². The van der Waals surface area contributed by atoms with Crippen molar-refractivity contribution >= 4 is 8.07 Å². The summed E-state index contributed by atoms with van der Waals surface area (Å²) in [5.74, 6) is -0.482. The lowest BCUT2D eigenvalue weighted by Gasteiger charge is -2.45. The summed E-state index contributed by atoms with van der Waals surface area (Å²) in [5.41, 5.74) is 1.61. The first-order valence-corrected chi connectivity index (χ1v) is 10.3. The predicted octanol–water partition coefficient (Wildman–Crippen LogP) is 4.15. The minimum atomic E-state index is -1.32. The number of rotatable bonds is 2. The molecule has 2 atom stereocenters. The molecule has 1 aliphatic heterocycles. The maximum Gasteiger partial charge on any atom is 0.163 e.